The van der Waals surface area contributed by atoms with Crippen molar-refractivity contribution in [2.24, 2.45) is 0 Å². The lowest BCUT2D eigenvalue weighted by Gasteiger charge is -2.26. The summed E-state index contributed by atoms with van der Waals surface area (Å²) in [6.07, 6.45) is 3.32. The minimum absolute atomic E-state index is 0.235. The standard InChI is InChI=1S/C18H19FOS/c19-16-8-3-9-17(11-16)21-12-18(20)15-7-2-6-14(10-15)13-4-1-5-13/h2-3,6-11,13,18,20H,1,4-5,12H2. The molecule has 1 aliphatic rings. The fourth-order valence-corrected chi connectivity index (χ4v) is 3.50. The second-order valence-electron chi connectivity index (χ2n) is 5.58. The maximum absolute atomic E-state index is 13.1. The summed E-state index contributed by atoms with van der Waals surface area (Å²) in [5.41, 5.74) is 2.30. The predicted molar refractivity (Wildman–Crippen MR) is 85.1 cm³/mol. The van der Waals surface area contributed by atoms with Crippen LogP contribution in [0.5, 0.6) is 0 Å². The molecule has 0 saturated heterocycles. The largest absolute Gasteiger partial charge is 0.388 e. The summed E-state index contributed by atoms with van der Waals surface area (Å²) in [6.45, 7) is 0. The Kier molecular flexibility index (Phi) is 4.61. The van der Waals surface area contributed by atoms with Gasteiger partial charge in [0.15, 0.2) is 0 Å². The van der Waals surface area contributed by atoms with Crippen molar-refractivity contribution < 1.29 is 9.50 Å². The Labute approximate surface area is 129 Å². The topological polar surface area (TPSA) is 20.2 Å². The minimum Gasteiger partial charge on any atom is -0.388 e. The van der Waals surface area contributed by atoms with Crippen LogP contribution in [0.15, 0.2) is 53.4 Å². The Morgan fingerprint density at radius 3 is 2.67 bits per heavy atom. The van der Waals surface area contributed by atoms with E-state index in [2.05, 4.69) is 12.1 Å². The molecule has 0 amide bonds. The van der Waals surface area contributed by atoms with Gasteiger partial charge in [-0.2, -0.15) is 0 Å². The highest BCUT2D eigenvalue weighted by Crippen LogP contribution is 2.37. The first-order valence-corrected chi connectivity index (χ1v) is 8.37. The molecule has 0 spiro atoms. The molecule has 0 aliphatic heterocycles. The number of thioether (sulfide) groups is 1. The first kappa shape index (κ1) is 14.6. The molecule has 1 N–H and O–H groups in total. The molecule has 1 unspecified atom stereocenters. The van der Waals surface area contributed by atoms with Gasteiger partial charge in [0.1, 0.15) is 5.82 Å². The monoisotopic (exact) mass is 302 g/mol. The molecule has 1 aliphatic carbocycles. The molecule has 2 aromatic carbocycles. The fourth-order valence-electron chi connectivity index (χ4n) is 2.59. The molecule has 0 radical (unpaired) electrons. The maximum atomic E-state index is 13.1. The molecule has 1 fully saturated rings. The number of halogens is 1. The van der Waals surface area contributed by atoms with Crippen LogP contribution in [0.25, 0.3) is 0 Å². The van der Waals surface area contributed by atoms with Gasteiger partial charge in [0.2, 0.25) is 0 Å². The second kappa shape index (κ2) is 6.63. The molecule has 0 bridgehead atoms. The summed E-state index contributed by atoms with van der Waals surface area (Å²) in [5, 5.41) is 10.3. The smallest absolute Gasteiger partial charge is 0.124 e. The van der Waals surface area contributed by atoms with Gasteiger partial charge in [-0.25, -0.2) is 4.39 Å². The number of hydrogen-bond donors (Lipinski definition) is 1. The molecule has 1 nitrogen and oxygen atoms in total. The average Bonchev–Trinajstić information content (AvgIpc) is 2.43. The van der Waals surface area contributed by atoms with Crippen molar-refractivity contribution in [2.45, 2.75) is 36.2 Å². The normalized spacial score (nSPS) is 16.5. The third-order valence-electron chi connectivity index (χ3n) is 4.08. The number of benzene rings is 2. The van der Waals surface area contributed by atoms with Crippen molar-refractivity contribution in [1.29, 1.82) is 0 Å². The van der Waals surface area contributed by atoms with E-state index in [-0.39, 0.29) is 5.82 Å². The summed E-state index contributed by atoms with van der Waals surface area (Å²) in [7, 11) is 0. The fraction of sp³-hybridized carbons (Fsp3) is 0.333. The zero-order valence-electron chi connectivity index (χ0n) is 11.8. The van der Waals surface area contributed by atoms with E-state index in [1.807, 2.05) is 18.2 Å². The number of rotatable bonds is 5. The highest BCUT2D eigenvalue weighted by Gasteiger charge is 2.20. The van der Waals surface area contributed by atoms with E-state index in [1.54, 1.807) is 6.07 Å². The predicted octanol–water partition coefficient (Wildman–Crippen LogP) is 4.92. The van der Waals surface area contributed by atoms with E-state index >= 15 is 0 Å². The van der Waals surface area contributed by atoms with Crippen molar-refractivity contribution in [3.63, 3.8) is 0 Å². The molecule has 2 aromatic rings. The van der Waals surface area contributed by atoms with Gasteiger partial charge in [-0.15, -0.1) is 11.8 Å². The quantitative estimate of drug-likeness (QED) is 0.791. The average molecular weight is 302 g/mol. The zero-order valence-corrected chi connectivity index (χ0v) is 12.7. The van der Waals surface area contributed by atoms with Crippen molar-refractivity contribution in [3.8, 4) is 0 Å². The lowest BCUT2D eigenvalue weighted by Crippen LogP contribution is -2.10. The summed E-state index contributed by atoms with van der Waals surface area (Å²) in [4.78, 5) is 0.851. The summed E-state index contributed by atoms with van der Waals surface area (Å²) in [6, 6.07) is 14.8. The van der Waals surface area contributed by atoms with Crippen LogP contribution in [0.1, 0.15) is 42.4 Å². The summed E-state index contributed by atoms with van der Waals surface area (Å²) < 4.78 is 13.1. The molecule has 1 saturated carbocycles. The lowest BCUT2D eigenvalue weighted by molar-refractivity contribution is 0.204. The highest BCUT2D eigenvalue weighted by atomic mass is 32.2. The second-order valence-corrected chi connectivity index (χ2v) is 6.68. The molecule has 21 heavy (non-hydrogen) atoms. The van der Waals surface area contributed by atoms with Crippen LogP contribution in [0.2, 0.25) is 0 Å². The Bertz CT molecular complexity index is 610. The molecule has 1 atom stereocenters. The molecular formula is C18H19FOS. The van der Waals surface area contributed by atoms with Crippen LogP contribution in [0.3, 0.4) is 0 Å². The van der Waals surface area contributed by atoms with Gasteiger partial charge in [0.05, 0.1) is 6.10 Å². The van der Waals surface area contributed by atoms with E-state index in [1.165, 1.54) is 48.7 Å². The number of aliphatic hydroxyl groups excluding tert-OH is 1. The zero-order chi connectivity index (χ0) is 14.7. The van der Waals surface area contributed by atoms with E-state index in [9.17, 15) is 9.50 Å². The van der Waals surface area contributed by atoms with E-state index in [0.717, 1.165) is 10.5 Å². The SMILES string of the molecule is OC(CSc1cccc(F)c1)c1cccc(C2CCC2)c1. The molecule has 110 valence electrons. The van der Waals surface area contributed by atoms with Gasteiger partial charge in [0.25, 0.3) is 0 Å². The van der Waals surface area contributed by atoms with Crippen LogP contribution >= 0.6 is 11.8 Å². The van der Waals surface area contributed by atoms with Gasteiger partial charge in [-0.1, -0.05) is 36.8 Å². The van der Waals surface area contributed by atoms with Crippen molar-refractivity contribution in [1.82, 2.24) is 0 Å². The summed E-state index contributed by atoms with van der Waals surface area (Å²) >= 11 is 1.48. The van der Waals surface area contributed by atoms with E-state index in [0.29, 0.717) is 11.7 Å². The van der Waals surface area contributed by atoms with Crippen molar-refractivity contribution in [2.75, 3.05) is 5.75 Å². The molecule has 0 heterocycles. The lowest BCUT2D eigenvalue weighted by atomic mass is 9.79. The van der Waals surface area contributed by atoms with Crippen LogP contribution < -0.4 is 0 Å². The van der Waals surface area contributed by atoms with Crippen LogP contribution in [-0.2, 0) is 0 Å². The van der Waals surface area contributed by atoms with Crippen LogP contribution in [0, 0.1) is 5.82 Å². The van der Waals surface area contributed by atoms with Crippen LogP contribution in [-0.4, -0.2) is 10.9 Å². The van der Waals surface area contributed by atoms with E-state index < -0.39 is 6.10 Å². The highest BCUT2D eigenvalue weighted by molar-refractivity contribution is 7.99. The van der Waals surface area contributed by atoms with Gasteiger partial charge in [-0.05, 0) is 48.1 Å². The van der Waals surface area contributed by atoms with Gasteiger partial charge in [0, 0.05) is 10.6 Å². The Balaban J connectivity index is 1.63. The van der Waals surface area contributed by atoms with Crippen LogP contribution in [0.4, 0.5) is 4.39 Å². The Morgan fingerprint density at radius 1 is 1.14 bits per heavy atom. The maximum Gasteiger partial charge on any atom is 0.124 e. The molecule has 0 aromatic heterocycles. The summed E-state index contributed by atoms with van der Waals surface area (Å²) in [5.74, 6) is 0.979. The van der Waals surface area contributed by atoms with Crippen molar-refractivity contribution in [3.05, 3.63) is 65.5 Å². The molecular weight excluding hydrogens is 283 g/mol. The first-order valence-electron chi connectivity index (χ1n) is 7.38. The number of hydrogen-bond acceptors (Lipinski definition) is 2. The first-order chi connectivity index (χ1) is 10.2. The van der Waals surface area contributed by atoms with Gasteiger partial charge in [-0.3, -0.25) is 0 Å². The third kappa shape index (κ3) is 3.66. The Morgan fingerprint density at radius 2 is 1.95 bits per heavy atom. The minimum atomic E-state index is -0.515. The Hall–Kier alpha value is -1.32. The van der Waals surface area contributed by atoms with E-state index in [4.69, 9.17) is 0 Å². The van der Waals surface area contributed by atoms with Crippen molar-refractivity contribution >= 4 is 11.8 Å². The molecule has 3 rings (SSSR count). The third-order valence-corrected chi connectivity index (χ3v) is 5.15. The number of aliphatic hydroxyl groups is 1. The van der Waals surface area contributed by atoms with Gasteiger partial charge < -0.3 is 5.11 Å². The molecule has 3 heteroatoms. The van der Waals surface area contributed by atoms with Gasteiger partial charge >= 0.3 is 0 Å².